The first-order valence-corrected chi connectivity index (χ1v) is 8.88. The van der Waals surface area contributed by atoms with E-state index in [0.717, 1.165) is 4.31 Å². The van der Waals surface area contributed by atoms with Gasteiger partial charge >= 0.3 is 0 Å². The standard InChI is InChI=1S/C14H18Cl2N2O3S/c1-13(9-14(13,15)16)12(19)17-8-10-6-4-5-7-11(10)22(20,21)18(2)3/h4-7H,8-9H2,1-3H3,(H,17,19). The lowest BCUT2D eigenvalue weighted by Crippen LogP contribution is -2.33. The monoisotopic (exact) mass is 364 g/mol. The molecule has 1 aliphatic carbocycles. The molecule has 0 heterocycles. The molecule has 1 fully saturated rings. The van der Waals surface area contributed by atoms with Crippen molar-refractivity contribution in [3.05, 3.63) is 29.8 Å². The molecule has 22 heavy (non-hydrogen) atoms. The third-order valence-corrected chi connectivity index (χ3v) is 6.95. The van der Waals surface area contributed by atoms with Crippen molar-refractivity contribution in [2.45, 2.75) is 29.1 Å². The van der Waals surface area contributed by atoms with Crippen molar-refractivity contribution in [3.63, 3.8) is 0 Å². The second kappa shape index (κ2) is 5.67. The van der Waals surface area contributed by atoms with Crippen molar-refractivity contribution in [3.8, 4) is 0 Å². The summed E-state index contributed by atoms with van der Waals surface area (Å²) in [5.74, 6) is -0.283. The summed E-state index contributed by atoms with van der Waals surface area (Å²) in [7, 11) is -0.641. The van der Waals surface area contributed by atoms with Gasteiger partial charge in [-0.3, -0.25) is 4.79 Å². The third-order valence-electron chi connectivity index (χ3n) is 3.93. The quantitative estimate of drug-likeness (QED) is 0.813. The summed E-state index contributed by atoms with van der Waals surface area (Å²) in [6, 6.07) is 6.55. The SMILES string of the molecule is CN(C)S(=O)(=O)c1ccccc1CNC(=O)C1(C)CC1(Cl)Cl. The lowest BCUT2D eigenvalue weighted by molar-refractivity contribution is -0.125. The van der Waals surface area contributed by atoms with Gasteiger partial charge in [-0.05, 0) is 25.0 Å². The Kier molecular flexibility index (Phi) is 4.52. The molecule has 2 rings (SSSR count). The minimum atomic E-state index is -3.57. The highest BCUT2D eigenvalue weighted by Gasteiger charge is 2.67. The Morgan fingerprint density at radius 1 is 1.32 bits per heavy atom. The van der Waals surface area contributed by atoms with Gasteiger partial charge in [0.05, 0.1) is 10.3 Å². The summed E-state index contributed by atoms with van der Waals surface area (Å²) < 4.78 is 24.6. The maximum atomic E-state index is 12.3. The first-order chi connectivity index (χ1) is 10.0. The van der Waals surface area contributed by atoms with Crippen LogP contribution >= 0.6 is 23.2 Å². The molecule has 8 heteroatoms. The number of alkyl halides is 2. The molecule has 0 aliphatic heterocycles. The molecule has 1 aliphatic rings. The van der Waals surface area contributed by atoms with Gasteiger partial charge in [0.1, 0.15) is 4.33 Å². The fraction of sp³-hybridized carbons (Fsp3) is 0.500. The highest BCUT2D eigenvalue weighted by Crippen LogP contribution is 2.63. The van der Waals surface area contributed by atoms with Crippen LogP contribution in [0.1, 0.15) is 18.9 Å². The van der Waals surface area contributed by atoms with Crippen LogP contribution in [0.2, 0.25) is 0 Å². The van der Waals surface area contributed by atoms with E-state index in [1.165, 1.54) is 20.2 Å². The van der Waals surface area contributed by atoms with E-state index < -0.39 is 19.8 Å². The van der Waals surface area contributed by atoms with E-state index in [2.05, 4.69) is 5.32 Å². The lowest BCUT2D eigenvalue weighted by Gasteiger charge is -2.17. The first kappa shape index (κ1) is 17.5. The molecule has 122 valence electrons. The number of carbonyl (C=O) groups excluding carboxylic acids is 1. The molecule has 1 amide bonds. The van der Waals surface area contributed by atoms with Crippen LogP contribution in [0.5, 0.6) is 0 Å². The Balaban J connectivity index is 2.17. The molecule has 1 aromatic rings. The zero-order valence-corrected chi connectivity index (χ0v) is 14.9. The van der Waals surface area contributed by atoms with E-state index in [9.17, 15) is 13.2 Å². The highest BCUT2D eigenvalue weighted by atomic mass is 35.5. The molecule has 1 N–H and O–H groups in total. The molecule has 1 unspecified atom stereocenters. The van der Waals surface area contributed by atoms with Crippen LogP contribution in [-0.2, 0) is 21.4 Å². The van der Waals surface area contributed by atoms with Gasteiger partial charge in [-0.25, -0.2) is 12.7 Å². The van der Waals surface area contributed by atoms with Crippen molar-refractivity contribution in [1.29, 1.82) is 0 Å². The van der Waals surface area contributed by atoms with E-state index in [0.29, 0.717) is 12.0 Å². The summed E-state index contributed by atoms with van der Waals surface area (Å²) in [6.45, 7) is 1.78. The summed E-state index contributed by atoms with van der Waals surface area (Å²) in [5.41, 5.74) is -0.311. The summed E-state index contributed by atoms with van der Waals surface area (Å²) in [6.07, 6.45) is 0.382. The van der Waals surface area contributed by atoms with Crippen LogP contribution in [-0.4, -0.2) is 37.1 Å². The van der Waals surface area contributed by atoms with Crippen LogP contribution in [0.25, 0.3) is 0 Å². The van der Waals surface area contributed by atoms with E-state index in [1.807, 2.05) is 0 Å². The van der Waals surface area contributed by atoms with Gasteiger partial charge in [0.25, 0.3) is 0 Å². The number of nitrogens with zero attached hydrogens (tertiary/aromatic N) is 1. The van der Waals surface area contributed by atoms with Crippen molar-refractivity contribution in [1.82, 2.24) is 9.62 Å². The van der Waals surface area contributed by atoms with Gasteiger partial charge in [-0.1, -0.05) is 18.2 Å². The molecule has 0 bridgehead atoms. The smallest absolute Gasteiger partial charge is 0.242 e. The van der Waals surface area contributed by atoms with Crippen LogP contribution in [0.4, 0.5) is 0 Å². The van der Waals surface area contributed by atoms with Gasteiger partial charge in [-0.2, -0.15) is 0 Å². The predicted molar refractivity (Wildman–Crippen MR) is 86.3 cm³/mol. The first-order valence-electron chi connectivity index (χ1n) is 6.69. The maximum Gasteiger partial charge on any atom is 0.242 e. The van der Waals surface area contributed by atoms with Crippen LogP contribution in [0.15, 0.2) is 29.2 Å². The molecule has 0 spiro atoms. The topological polar surface area (TPSA) is 66.5 Å². The van der Waals surface area contributed by atoms with E-state index in [4.69, 9.17) is 23.2 Å². The fourth-order valence-corrected chi connectivity index (χ4v) is 3.94. The predicted octanol–water partition coefficient (Wildman–Crippen LogP) is 2.14. The van der Waals surface area contributed by atoms with Gasteiger partial charge in [0.2, 0.25) is 15.9 Å². The third kappa shape index (κ3) is 2.97. The van der Waals surface area contributed by atoms with E-state index in [-0.39, 0.29) is 17.3 Å². The highest BCUT2D eigenvalue weighted by molar-refractivity contribution is 7.89. The number of benzene rings is 1. The summed E-state index contributed by atoms with van der Waals surface area (Å²) in [5, 5.41) is 2.72. The molecular formula is C14H18Cl2N2O3S. The molecule has 0 saturated heterocycles. The Bertz CT molecular complexity index is 704. The normalized spacial score (nSPS) is 23.4. The second-order valence-corrected chi connectivity index (χ2v) is 9.40. The van der Waals surface area contributed by atoms with Gasteiger partial charge in [0.15, 0.2) is 0 Å². The van der Waals surface area contributed by atoms with E-state index in [1.54, 1.807) is 25.1 Å². The lowest BCUT2D eigenvalue weighted by atomic mass is 10.1. The molecule has 0 aromatic heterocycles. The zero-order chi connectivity index (χ0) is 16.8. The largest absolute Gasteiger partial charge is 0.351 e. The minimum Gasteiger partial charge on any atom is -0.351 e. The van der Waals surface area contributed by atoms with Crippen LogP contribution in [0, 0.1) is 5.41 Å². The number of carbonyl (C=O) groups is 1. The Labute approximate surface area is 140 Å². The molecule has 1 atom stereocenters. The molecule has 1 saturated carbocycles. The van der Waals surface area contributed by atoms with Crippen molar-refractivity contribution < 1.29 is 13.2 Å². The summed E-state index contributed by atoms with van der Waals surface area (Å²) >= 11 is 11.9. The Morgan fingerprint density at radius 3 is 2.36 bits per heavy atom. The van der Waals surface area contributed by atoms with E-state index >= 15 is 0 Å². The number of amides is 1. The zero-order valence-electron chi connectivity index (χ0n) is 12.6. The van der Waals surface area contributed by atoms with Crippen molar-refractivity contribution in [2.24, 2.45) is 5.41 Å². The number of rotatable bonds is 5. The van der Waals surface area contributed by atoms with Crippen LogP contribution in [0.3, 0.4) is 0 Å². The number of sulfonamides is 1. The van der Waals surface area contributed by atoms with Gasteiger partial charge in [-0.15, -0.1) is 23.2 Å². The minimum absolute atomic E-state index is 0.0987. The van der Waals surface area contributed by atoms with Gasteiger partial charge in [0, 0.05) is 20.6 Å². The average molecular weight is 365 g/mol. The van der Waals surface area contributed by atoms with Crippen LogP contribution < -0.4 is 5.32 Å². The Hall–Kier alpha value is -0.820. The molecule has 0 radical (unpaired) electrons. The number of halogens is 2. The average Bonchev–Trinajstić information content (AvgIpc) is 2.96. The van der Waals surface area contributed by atoms with Gasteiger partial charge < -0.3 is 5.32 Å². The molecular weight excluding hydrogens is 347 g/mol. The fourth-order valence-electron chi connectivity index (χ4n) is 2.12. The molecule has 5 nitrogen and oxygen atoms in total. The number of hydrogen-bond acceptors (Lipinski definition) is 3. The second-order valence-electron chi connectivity index (χ2n) is 5.79. The van der Waals surface area contributed by atoms with Crippen molar-refractivity contribution in [2.75, 3.05) is 14.1 Å². The maximum absolute atomic E-state index is 12.3. The summed E-state index contributed by atoms with van der Waals surface area (Å²) in [4.78, 5) is 12.3. The number of hydrogen-bond donors (Lipinski definition) is 1. The molecule has 1 aromatic carbocycles. The number of nitrogens with one attached hydrogen (secondary N) is 1. The van der Waals surface area contributed by atoms with Crippen molar-refractivity contribution >= 4 is 39.1 Å². The Morgan fingerprint density at radius 2 is 1.86 bits per heavy atom.